The van der Waals surface area contributed by atoms with E-state index in [1.807, 2.05) is 18.2 Å². The second-order valence-corrected chi connectivity index (χ2v) is 17.4. The van der Waals surface area contributed by atoms with Crippen LogP contribution in [0.5, 0.6) is 0 Å². The fourth-order valence-electron chi connectivity index (χ4n) is 8.84. The number of halogens is 3. The van der Waals surface area contributed by atoms with Crippen molar-refractivity contribution in [1.82, 2.24) is 15.0 Å². The maximum Gasteiger partial charge on any atom is 1.00 e. The number of rotatable bonds is 5. The fraction of sp³-hybridized carbons (Fsp3) is 0.391. The molecule has 14 heteroatoms. The normalized spacial score (nSPS) is 20.9. The van der Waals surface area contributed by atoms with Crippen molar-refractivity contribution in [1.29, 1.82) is 0 Å². The predicted molar refractivity (Wildman–Crippen MR) is 226 cm³/mol. The zero-order valence-corrected chi connectivity index (χ0v) is 36.9. The first-order valence-corrected chi connectivity index (χ1v) is 21.9. The van der Waals surface area contributed by atoms with Crippen molar-refractivity contribution >= 4 is 57.0 Å². The number of aliphatic hydroxyl groups is 1. The average molecular weight is 847 g/mol. The van der Waals surface area contributed by atoms with Gasteiger partial charge in [0.1, 0.15) is 23.2 Å². The molecule has 8 nitrogen and oxygen atoms in total. The van der Waals surface area contributed by atoms with Crippen LogP contribution >= 0.6 is 0 Å². The van der Waals surface area contributed by atoms with Gasteiger partial charge in [-0.2, -0.15) is 8.42 Å². The van der Waals surface area contributed by atoms with Crippen LogP contribution in [-0.4, -0.2) is 61.1 Å². The molecule has 3 fully saturated rings. The summed E-state index contributed by atoms with van der Waals surface area (Å²) in [6, 6.07) is 20.0. The maximum absolute atomic E-state index is 13.5. The van der Waals surface area contributed by atoms with E-state index in [2.05, 4.69) is 15.0 Å². The van der Waals surface area contributed by atoms with E-state index in [-0.39, 0.29) is 75.0 Å². The van der Waals surface area contributed by atoms with E-state index in [1.165, 1.54) is 29.8 Å². The molecule has 0 spiro atoms. The Hall–Kier alpha value is -3.72. The molecule has 3 saturated carbocycles. The Morgan fingerprint density at radius 3 is 1.30 bits per heavy atom. The van der Waals surface area contributed by atoms with Gasteiger partial charge >= 0.3 is 29.6 Å². The fourth-order valence-corrected chi connectivity index (χ4v) is 9.53. The van der Waals surface area contributed by atoms with Gasteiger partial charge in [-0.3, -0.25) is 23.9 Å². The van der Waals surface area contributed by atoms with Gasteiger partial charge in [-0.25, -0.2) is 13.2 Å². The van der Waals surface area contributed by atoms with E-state index in [0.29, 0.717) is 43.3 Å². The Labute approximate surface area is 375 Å². The molecule has 3 aromatic heterocycles. The van der Waals surface area contributed by atoms with Crippen LogP contribution in [0.3, 0.4) is 0 Å². The number of hydrogen-bond acceptors (Lipinski definition) is 8. The van der Waals surface area contributed by atoms with Crippen molar-refractivity contribution in [2.75, 3.05) is 6.26 Å². The second-order valence-electron chi connectivity index (χ2n) is 15.8. The standard InChI is InChI=1S/C16H18FNO3S.C15H16FNO.C15H14FNO.B.Na.H/c1-22(19,20)21-13-5-2-11(3-6-13)14-8-9-18-16-7-4-12(17)10-15(14)16;2*16-11-3-6-15-14(9-11)13(7-8-17-15)10-1-4-12(18)5-2-10;;;/h4,7-11,13H,2-3,5-6H2,1H3;3,6-10,12,18H,1-2,4-5H2;3,6-10H,1-2,4-5H2;;;/q;;;;+1;-1. The molecule has 60 heavy (non-hydrogen) atoms. The summed E-state index contributed by atoms with van der Waals surface area (Å²) in [5.74, 6) is 0.685. The quantitative estimate of drug-likeness (QED) is 0.144. The van der Waals surface area contributed by atoms with Crippen molar-refractivity contribution in [2.24, 2.45) is 0 Å². The van der Waals surface area contributed by atoms with Gasteiger partial charge in [0.15, 0.2) is 0 Å². The van der Waals surface area contributed by atoms with Gasteiger partial charge in [0, 0.05) is 56.0 Å². The van der Waals surface area contributed by atoms with Gasteiger partial charge in [-0.15, -0.1) is 0 Å². The number of carbonyl (C=O) groups is 1. The molecule has 3 aromatic carbocycles. The molecule has 0 aliphatic heterocycles. The predicted octanol–water partition coefficient (Wildman–Crippen LogP) is 7.11. The number of pyridine rings is 3. The van der Waals surface area contributed by atoms with E-state index in [4.69, 9.17) is 4.18 Å². The van der Waals surface area contributed by atoms with E-state index in [1.54, 1.807) is 48.9 Å². The molecule has 309 valence electrons. The Morgan fingerprint density at radius 2 is 0.933 bits per heavy atom. The largest absolute Gasteiger partial charge is 1.00 e. The first-order valence-electron chi connectivity index (χ1n) is 20.1. The van der Waals surface area contributed by atoms with Gasteiger partial charge in [0.25, 0.3) is 10.1 Å². The van der Waals surface area contributed by atoms with Crippen LogP contribution in [-0.2, 0) is 19.1 Å². The summed E-state index contributed by atoms with van der Waals surface area (Å²) in [6.07, 6.45) is 15.7. The molecule has 1 N–H and O–H groups in total. The minimum absolute atomic E-state index is 0. The van der Waals surface area contributed by atoms with Crippen LogP contribution in [0.15, 0.2) is 91.4 Å². The third-order valence-electron chi connectivity index (χ3n) is 11.8. The van der Waals surface area contributed by atoms with Crippen LogP contribution < -0.4 is 29.6 Å². The number of Topliss-reactive ketones (excluding diaryl/α,β-unsaturated/α-hetero) is 1. The van der Waals surface area contributed by atoms with Crippen LogP contribution in [0.4, 0.5) is 13.2 Å². The minimum Gasteiger partial charge on any atom is -1.00 e. The molecule has 0 bridgehead atoms. The van der Waals surface area contributed by atoms with E-state index in [9.17, 15) is 31.5 Å². The minimum atomic E-state index is -3.41. The molecule has 6 aromatic rings. The third-order valence-corrected chi connectivity index (χ3v) is 12.4. The number of carbonyl (C=O) groups excluding carboxylic acids is 1. The van der Waals surface area contributed by atoms with E-state index >= 15 is 0 Å². The number of ketones is 1. The number of aromatic nitrogens is 3. The zero-order chi connectivity index (χ0) is 40.8. The van der Waals surface area contributed by atoms with Crippen LogP contribution in [0.2, 0.25) is 0 Å². The summed E-state index contributed by atoms with van der Waals surface area (Å²) in [5.41, 5.74) is 5.85. The van der Waals surface area contributed by atoms with Crippen molar-refractivity contribution in [2.45, 2.75) is 107 Å². The van der Waals surface area contributed by atoms with Crippen molar-refractivity contribution in [3.63, 3.8) is 0 Å². The molecule has 3 aliphatic rings. The Balaban J connectivity index is 0.000000198. The number of hydrogen-bond donors (Lipinski definition) is 1. The van der Waals surface area contributed by atoms with Gasteiger partial charge in [0.05, 0.1) is 35.0 Å². The van der Waals surface area contributed by atoms with Crippen molar-refractivity contribution < 1.29 is 66.7 Å². The molecular formula is C46H49BF3N3NaO5S. The van der Waals surface area contributed by atoms with Gasteiger partial charge in [-0.05, 0) is 171 Å². The van der Waals surface area contributed by atoms with Crippen LogP contribution in [0.25, 0.3) is 32.7 Å². The molecule has 3 aliphatic carbocycles. The number of aliphatic hydroxyl groups excluding tert-OH is 1. The number of nitrogens with zero attached hydrogens (tertiary/aromatic N) is 3. The Bertz CT molecular complexity index is 2510. The van der Waals surface area contributed by atoms with Crippen LogP contribution in [0, 0.1) is 17.5 Å². The third kappa shape index (κ3) is 12.2. The molecular weight excluding hydrogens is 797 g/mol. The Morgan fingerprint density at radius 1 is 0.583 bits per heavy atom. The summed E-state index contributed by atoms with van der Waals surface area (Å²) < 4.78 is 67.7. The topological polar surface area (TPSA) is 119 Å². The molecule has 3 radical (unpaired) electrons. The number of benzene rings is 3. The molecule has 0 amide bonds. The summed E-state index contributed by atoms with van der Waals surface area (Å²) in [6.45, 7) is 0. The molecule has 0 atom stereocenters. The smallest absolute Gasteiger partial charge is 1.00 e. The summed E-state index contributed by atoms with van der Waals surface area (Å²) >= 11 is 0. The summed E-state index contributed by atoms with van der Waals surface area (Å²) in [4.78, 5) is 24.1. The first kappa shape index (κ1) is 47.3. The van der Waals surface area contributed by atoms with E-state index < -0.39 is 10.1 Å². The van der Waals surface area contributed by atoms with Gasteiger partial charge < -0.3 is 6.53 Å². The van der Waals surface area contributed by atoms with Crippen molar-refractivity contribution in [3.05, 3.63) is 126 Å². The molecule has 9 rings (SSSR count). The monoisotopic (exact) mass is 846 g/mol. The summed E-state index contributed by atoms with van der Waals surface area (Å²) in [7, 11) is -3.41. The SMILES string of the molecule is CS(=O)(=O)OC1CCC(c2ccnc3ccc(F)cc23)CC1.O=C1CCC(c2ccnc3ccc(F)cc23)CC1.OC1CCC(c2ccnc3ccc(F)cc23)CC1.[B].[H-].[Na+]. The van der Waals surface area contributed by atoms with Crippen molar-refractivity contribution in [3.8, 4) is 0 Å². The number of fused-ring (bicyclic) bond motifs is 3. The summed E-state index contributed by atoms with van der Waals surface area (Å²) in [5, 5.41) is 12.2. The molecule has 0 saturated heterocycles. The molecule has 3 heterocycles. The Kier molecular flexibility index (Phi) is 16.9. The second kappa shape index (κ2) is 21.4. The first-order chi connectivity index (χ1) is 27.9. The van der Waals surface area contributed by atoms with E-state index in [0.717, 1.165) is 101 Å². The maximum atomic E-state index is 13.5. The van der Waals surface area contributed by atoms with Crippen LogP contribution in [0.1, 0.15) is 113 Å². The average Bonchev–Trinajstić information content (AvgIpc) is 3.21. The zero-order valence-electron chi connectivity index (χ0n) is 35.1. The van der Waals surface area contributed by atoms with Gasteiger partial charge in [0.2, 0.25) is 0 Å². The van der Waals surface area contributed by atoms with Gasteiger partial charge in [-0.1, -0.05) is 0 Å². The molecule has 0 unspecified atom stereocenters.